The molecule has 3 heterocycles. The van der Waals surface area contributed by atoms with Crippen molar-refractivity contribution in [3.63, 3.8) is 0 Å². The molecular weight excluding hydrogens is 306 g/mol. The maximum Gasteiger partial charge on any atom is 0.294 e. The van der Waals surface area contributed by atoms with Gasteiger partial charge in [-0.2, -0.15) is 0 Å². The summed E-state index contributed by atoms with van der Waals surface area (Å²) in [4.78, 5) is 29.0. The maximum atomic E-state index is 12.9. The maximum absolute atomic E-state index is 12.9. The van der Waals surface area contributed by atoms with Gasteiger partial charge >= 0.3 is 0 Å². The molecule has 1 aromatic carbocycles. The van der Waals surface area contributed by atoms with Crippen molar-refractivity contribution < 1.29 is 14.1 Å². The van der Waals surface area contributed by atoms with Gasteiger partial charge in [0, 0.05) is 30.3 Å². The second-order valence-corrected chi connectivity index (χ2v) is 6.58. The molecule has 6 nitrogen and oxygen atoms in total. The van der Waals surface area contributed by atoms with Gasteiger partial charge < -0.3 is 14.3 Å². The van der Waals surface area contributed by atoms with E-state index in [0.29, 0.717) is 18.7 Å². The Morgan fingerprint density at radius 3 is 2.83 bits per heavy atom. The Kier molecular flexibility index (Phi) is 3.40. The highest BCUT2D eigenvalue weighted by molar-refractivity contribution is 6.00. The number of benzene rings is 1. The summed E-state index contributed by atoms with van der Waals surface area (Å²) in [5.74, 6) is 0.210. The van der Waals surface area contributed by atoms with Crippen LogP contribution in [0.5, 0.6) is 0 Å². The minimum Gasteiger partial charge on any atom is -0.351 e. The predicted molar refractivity (Wildman–Crippen MR) is 86.5 cm³/mol. The van der Waals surface area contributed by atoms with E-state index in [1.54, 1.807) is 15.9 Å². The molecule has 0 N–H and O–H groups in total. The SMILES string of the molecule is CC(C)c1cc(C(=O)N2CCCN3C(=O)c4ccccc4[C@H]23)on1. The Morgan fingerprint density at radius 1 is 1.29 bits per heavy atom. The molecule has 24 heavy (non-hydrogen) atoms. The highest BCUT2D eigenvalue weighted by Crippen LogP contribution is 2.39. The molecule has 0 spiro atoms. The number of hydrogen-bond donors (Lipinski definition) is 0. The smallest absolute Gasteiger partial charge is 0.294 e. The fourth-order valence-electron chi connectivity index (χ4n) is 3.46. The summed E-state index contributed by atoms with van der Waals surface area (Å²) in [5.41, 5.74) is 2.33. The van der Waals surface area contributed by atoms with Crippen LogP contribution in [0.25, 0.3) is 0 Å². The van der Waals surface area contributed by atoms with Gasteiger partial charge in [0.05, 0.1) is 5.69 Å². The van der Waals surface area contributed by atoms with Crippen molar-refractivity contribution in [1.82, 2.24) is 15.0 Å². The van der Waals surface area contributed by atoms with Crippen molar-refractivity contribution in [2.75, 3.05) is 13.1 Å². The molecule has 0 bridgehead atoms. The molecule has 1 atom stereocenters. The molecule has 124 valence electrons. The van der Waals surface area contributed by atoms with Crippen molar-refractivity contribution in [2.24, 2.45) is 0 Å². The van der Waals surface area contributed by atoms with Gasteiger partial charge in [0.25, 0.3) is 11.8 Å². The van der Waals surface area contributed by atoms with Crippen molar-refractivity contribution in [1.29, 1.82) is 0 Å². The standard InChI is InChI=1S/C18H19N3O3/c1-11(2)14-10-15(24-19-14)18(23)21-9-5-8-20-16(21)12-6-3-4-7-13(12)17(20)22/h3-4,6-7,10-11,16H,5,8-9H2,1-2H3/t16-/m0/s1. The van der Waals surface area contributed by atoms with Crippen LogP contribution in [0.2, 0.25) is 0 Å². The van der Waals surface area contributed by atoms with Crippen LogP contribution < -0.4 is 0 Å². The van der Waals surface area contributed by atoms with E-state index in [1.165, 1.54) is 0 Å². The summed E-state index contributed by atoms with van der Waals surface area (Å²) >= 11 is 0. The van der Waals surface area contributed by atoms with Crippen molar-refractivity contribution >= 4 is 11.8 Å². The van der Waals surface area contributed by atoms with Gasteiger partial charge in [-0.25, -0.2) is 0 Å². The van der Waals surface area contributed by atoms with Crippen LogP contribution in [-0.2, 0) is 0 Å². The Hall–Kier alpha value is -2.63. The third-order valence-electron chi connectivity index (χ3n) is 4.71. The lowest BCUT2D eigenvalue weighted by Crippen LogP contribution is -2.48. The van der Waals surface area contributed by atoms with Crippen LogP contribution in [0.3, 0.4) is 0 Å². The second kappa shape index (κ2) is 5.47. The van der Waals surface area contributed by atoms with Crippen molar-refractivity contribution in [2.45, 2.75) is 32.4 Å². The van der Waals surface area contributed by atoms with Gasteiger partial charge in [-0.05, 0) is 18.4 Å². The molecule has 6 heteroatoms. The molecular formula is C18H19N3O3. The van der Waals surface area contributed by atoms with Crippen LogP contribution >= 0.6 is 0 Å². The number of carbonyl (C=O) groups is 2. The van der Waals surface area contributed by atoms with E-state index in [1.807, 2.05) is 38.1 Å². The summed E-state index contributed by atoms with van der Waals surface area (Å²) < 4.78 is 5.26. The first-order valence-corrected chi connectivity index (χ1v) is 8.25. The first kappa shape index (κ1) is 14.9. The molecule has 2 aliphatic heterocycles. The van der Waals surface area contributed by atoms with E-state index in [0.717, 1.165) is 17.7 Å². The lowest BCUT2D eigenvalue weighted by atomic mass is 10.1. The quantitative estimate of drug-likeness (QED) is 0.851. The van der Waals surface area contributed by atoms with Crippen LogP contribution in [0.4, 0.5) is 0 Å². The van der Waals surface area contributed by atoms with Gasteiger partial charge in [0.2, 0.25) is 5.76 Å². The highest BCUT2D eigenvalue weighted by atomic mass is 16.5. The van der Waals surface area contributed by atoms with E-state index in [9.17, 15) is 9.59 Å². The third-order valence-corrected chi connectivity index (χ3v) is 4.71. The zero-order valence-corrected chi connectivity index (χ0v) is 13.7. The molecule has 1 aromatic heterocycles. The Morgan fingerprint density at radius 2 is 2.08 bits per heavy atom. The highest BCUT2D eigenvalue weighted by Gasteiger charge is 2.44. The molecule has 4 rings (SSSR count). The van der Waals surface area contributed by atoms with E-state index in [2.05, 4.69) is 5.16 Å². The van der Waals surface area contributed by atoms with Gasteiger partial charge in [-0.15, -0.1) is 0 Å². The summed E-state index contributed by atoms with van der Waals surface area (Å²) in [7, 11) is 0. The van der Waals surface area contributed by atoms with Gasteiger partial charge in [-0.3, -0.25) is 9.59 Å². The van der Waals surface area contributed by atoms with Gasteiger partial charge in [0.1, 0.15) is 6.17 Å². The normalized spacial score (nSPS) is 19.6. The molecule has 0 unspecified atom stereocenters. The molecule has 1 fully saturated rings. The Labute approximate surface area is 140 Å². The first-order valence-electron chi connectivity index (χ1n) is 8.25. The minimum absolute atomic E-state index is 0.00598. The van der Waals surface area contributed by atoms with Crippen LogP contribution in [0.1, 0.15) is 64.5 Å². The number of amides is 2. The van der Waals surface area contributed by atoms with E-state index < -0.39 is 0 Å². The number of aromatic nitrogens is 1. The monoisotopic (exact) mass is 325 g/mol. The molecule has 1 saturated heterocycles. The third kappa shape index (κ3) is 2.13. The lowest BCUT2D eigenvalue weighted by molar-refractivity contribution is 0.0141. The van der Waals surface area contributed by atoms with E-state index in [-0.39, 0.29) is 29.7 Å². The van der Waals surface area contributed by atoms with Crippen LogP contribution in [-0.4, -0.2) is 39.9 Å². The number of carbonyl (C=O) groups excluding carboxylic acids is 2. The zero-order chi connectivity index (χ0) is 16.8. The first-order chi connectivity index (χ1) is 11.6. The van der Waals surface area contributed by atoms with Gasteiger partial charge in [0.15, 0.2) is 0 Å². The lowest BCUT2D eigenvalue weighted by Gasteiger charge is -2.39. The fraction of sp³-hybridized carbons (Fsp3) is 0.389. The average Bonchev–Trinajstić information content (AvgIpc) is 3.19. The molecule has 2 aromatic rings. The summed E-state index contributed by atoms with van der Waals surface area (Å²) in [6, 6.07) is 9.20. The molecule has 0 aliphatic carbocycles. The Bertz CT molecular complexity index is 811. The van der Waals surface area contributed by atoms with Crippen molar-refractivity contribution in [3.05, 3.63) is 52.9 Å². The average molecular weight is 325 g/mol. The van der Waals surface area contributed by atoms with Crippen LogP contribution in [0, 0.1) is 0 Å². The van der Waals surface area contributed by atoms with Crippen LogP contribution in [0.15, 0.2) is 34.9 Å². The minimum atomic E-state index is -0.345. The number of rotatable bonds is 2. The molecule has 0 saturated carbocycles. The molecule has 0 radical (unpaired) electrons. The number of fused-ring (bicyclic) bond motifs is 3. The largest absolute Gasteiger partial charge is 0.351 e. The topological polar surface area (TPSA) is 66.7 Å². The second-order valence-electron chi connectivity index (χ2n) is 6.58. The summed E-state index contributed by atoms with van der Waals surface area (Å²) in [6.45, 7) is 5.26. The van der Waals surface area contributed by atoms with Crippen molar-refractivity contribution in [3.8, 4) is 0 Å². The molecule has 2 aliphatic rings. The molecule has 2 amide bonds. The predicted octanol–water partition coefficient (Wildman–Crippen LogP) is 2.80. The summed E-state index contributed by atoms with van der Waals surface area (Å²) in [6.07, 6.45) is 0.412. The Balaban J connectivity index is 1.70. The van der Waals surface area contributed by atoms with Gasteiger partial charge in [-0.1, -0.05) is 37.2 Å². The van der Waals surface area contributed by atoms with E-state index >= 15 is 0 Å². The summed E-state index contributed by atoms with van der Waals surface area (Å²) in [5, 5.41) is 3.97. The number of hydrogen-bond acceptors (Lipinski definition) is 4. The van der Waals surface area contributed by atoms with E-state index in [4.69, 9.17) is 4.52 Å². The number of nitrogens with zero attached hydrogens (tertiary/aromatic N) is 3. The zero-order valence-electron chi connectivity index (χ0n) is 13.7. The fourth-order valence-corrected chi connectivity index (χ4v) is 3.46.